The molecule has 2 aromatic carbocycles. The molecule has 0 radical (unpaired) electrons. The zero-order valence-electron chi connectivity index (χ0n) is 20.8. The molecule has 0 fully saturated rings. The van der Waals surface area contributed by atoms with Gasteiger partial charge < -0.3 is 14.4 Å². The second kappa shape index (κ2) is 9.82. The first-order valence-corrected chi connectivity index (χ1v) is 13.0. The number of nitrogens with zero attached hydrogens (tertiary/aromatic N) is 2. The van der Waals surface area contributed by atoms with Crippen molar-refractivity contribution >= 4 is 27.5 Å². The molecule has 1 aliphatic heterocycles. The standard InChI is InChI=1S/C29H30N2O4S/c1-29(2,3)35-28(33)30-14-12-23-24-17-21(9-10-25(24)36-26(23)13-15-30)31-16-11-22(18-27(31)32)34-19-20-7-5-4-6-8-20/h4-11,16-18H,12-15,19H2,1-3H3. The van der Waals surface area contributed by atoms with Crippen molar-refractivity contribution in [1.82, 2.24) is 9.47 Å². The Kier molecular flexibility index (Phi) is 6.58. The van der Waals surface area contributed by atoms with E-state index in [4.69, 9.17) is 9.47 Å². The molecule has 0 saturated heterocycles. The minimum Gasteiger partial charge on any atom is -0.489 e. The molecule has 36 heavy (non-hydrogen) atoms. The van der Waals surface area contributed by atoms with Crippen LogP contribution in [0, 0.1) is 0 Å². The number of carbonyl (C=O) groups is 1. The monoisotopic (exact) mass is 502 g/mol. The predicted octanol–water partition coefficient (Wildman–Crippen LogP) is 5.97. The van der Waals surface area contributed by atoms with Gasteiger partial charge in [-0.1, -0.05) is 30.3 Å². The van der Waals surface area contributed by atoms with Crippen molar-refractivity contribution < 1.29 is 14.3 Å². The molecular formula is C29H30N2O4S. The second-order valence-electron chi connectivity index (χ2n) is 10.00. The molecule has 6 nitrogen and oxygen atoms in total. The van der Waals surface area contributed by atoms with E-state index in [1.165, 1.54) is 21.2 Å². The van der Waals surface area contributed by atoms with Gasteiger partial charge in [-0.25, -0.2) is 4.79 Å². The molecule has 2 aromatic heterocycles. The maximum atomic E-state index is 12.9. The van der Waals surface area contributed by atoms with Gasteiger partial charge >= 0.3 is 6.09 Å². The van der Waals surface area contributed by atoms with Gasteiger partial charge in [0.15, 0.2) is 0 Å². The normalized spacial score (nSPS) is 13.8. The van der Waals surface area contributed by atoms with Crippen LogP contribution in [0.25, 0.3) is 15.8 Å². The fraction of sp³-hybridized carbons (Fsp3) is 0.310. The lowest BCUT2D eigenvalue weighted by atomic mass is 10.1. The van der Waals surface area contributed by atoms with E-state index in [1.807, 2.05) is 63.2 Å². The Morgan fingerprint density at radius 2 is 1.78 bits per heavy atom. The number of aromatic nitrogens is 1. The SMILES string of the molecule is CC(C)(C)OC(=O)N1CCc2sc3ccc(-n4ccc(OCc5ccccc5)cc4=O)cc3c2CC1. The minimum atomic E-state index is -0.509. The largest absolute Gasteiger partial charge is 0.489 e. The number of carbonyl (C=O) groups excluding carboxylic acids is 1. The Bertz CT molecular complexity index is 1450. The number of thiophene rings is 1. The van der Waals surface area contributed by atoms with E-state index in [1.54, 1.807) is 27.0 Å². The lowest BCUT2D eigenvalue weighted by Crippen LogP contribution is -2.38. The minimum absolute atomic E-state index is 0.141. The third-order valence-electron chi connectivity index (χ3n) is 6.17. The fourth-order valence-electron chi connectivity index (χ4n) is 4.42. The predicted molar refractivity (Wildman–Crippen MR) is 143 cm³/mol. The Hall–Kier alpha value is -3.58. The molecule has 0 bridgehead atoms. The van der Waals surface area contributed by atoms with Gasteiger partial charge in [0, 0.05) is 40.6 Å². The summed E-state index contributed by atoms with van der Waals surface area (Å²) in [6, 6.07) is 19.4. The number of amides is 1. The van der Waals surface area contributed by atoms with Crippen LogP contribution in [0.5, 0.6) is 5.75 Å². The van der Waals surface area contributed by atoms with E-state index in [0.29, 0.717) is 25.4 Å². The summed E-state index contributed by atoms with van der Waals surface area (Å²) in [6.45, 7) is 7.34. The van der Waals surface area contributed by atoms with E-state index in [0.717, 1.165) is 29.5 Å². The van der Waals surface area contributed by atoms with Crippen LogP contribution >= 0.6 is 11.3 Å². The van der Waals surface area contributed by atoms with Gasteiger partial charge in [-0.2, -0.15) is 0 Å². The fourth-order valence-corrected chi connectivity index (χ4v) is 5.64. The second-order valence-corrected chi connectivity index (χ2v) is 11.1. The van der Waals surface area contributed by atoms with Gasteiger partial charge in [-0.3, -0.25) is 9.36 Å². The molecule has 1 amide bonds. The summed E-state index contributed by atoms with van der Waals surface area (Å²) in [7, 11) is 0. The Labute approximate surface area is 214 Å². The first kappa shape index (κ1) is 24.1. The molecule has 0 aliphatic carbocycles. The van der Waals surface area contributed by atoms with E-state index in [9.17, 15) is 9.59 Å². The number of benzene rings is 2. The maximum Gasteiger partial charge on any atom is 0.410 e. The summed E-state index contributed by atoms with van der Waals surface area (Å²) in [6.07, 6.45) is 3.07. The Morgan fingerprint density at radius 1 is 1.00 bits per heavy atom. The van der Waals surface area contributed by atoms with Crippen molar-refractivity contribution in [3.05, 3.63) is 93.2 Å². The van der Waals surface area contributed by atoms with Crippen LogP contribution in [-0.2, 0) is 24.2 Å². The van der Waals surface area contributed by atoms with Crippen LogP contribution in [0.4, 0.5) is 4.79 Å². The van der Waals surface area contributed by atoms with E-state index in [-0.39, 0.29) is 11.7 Å². The summed E-state index contributed by atoms with van der Waals surface area (Å²) >= 11 is 1.77. The van der Waals surface area contributed by atoms with Crippen LogP contribution in [0.15, 0.2) is 71.7 Å². The molecule has 5 rings (SSSR count). The number of hydrogen-bond acceptors (Lipinski definition) is 5. The highest BCUT2D eigenvalue weighted by Crippen LogP contribution is 2.35. The molecular weight excluding hydrogens is 472 g/mol. The highest BCUT2D eigenvalue weighted by Gasteiger charge is 2.26. The first-order chi connectivity index (χ1) is 17.3. The molecule has 0 atom stereocenters. The van der Waals surface area contributed by atoms with Crippen LogP contribution in [-0.4, -0.2) is 34.3 Å². The highest BCUT2D eigenvalue weighted by atomic mass is 32.1. The average molecular weight is 503 g/mol. The number of fused-ring (bicyclic) bond motifs is 3. The van der Waals surface area contributed by atoms with Gasteiger partial charge in [0.05, 0.1) is 0 Å². The van der Waals surface area contributed by atoms with Crippen LogP contribution < -0.4 is 10.3 Å². The third-order valence-corrected chi connectivity index (χ3v) is 7.44. The summed E-state index contributed by atoms with van der Waals surface area (Å²) in [5.41, 5.74) is 2.48. The van der Waals surface area contributed by atoms with Crippen LogP contribution in [0.2, 0.25) is 0 Å². The first-order valence-electron chi connectivity index (χ1n) is 12.2. The molecule has 186 valence electrons. The van der Waals surface area contributed by atoms with Crippen LogP contribution in [0.1, 0.15) is 36.8 Å². The lowest BCUT2D eigenvalue weighted by Gasteiger charge is -2.26. The molecule has 0 spiro atoms. The summed E-state index contributed by atoms with van der Waals surface area (Å²) in [4.78, 5) is 28.6. The average Bonchev–Trinajstić information content (AvgIpc) is 3.04. The van der Waals surface area contributed by atoms with E-state index < -0.39 is 5.60 Å². The van der Waals surface area contributed by atoms with Gasteiger partial charge in [0.25, 0.3) is 5.56 Å². The number of hydrogen-bond donors (Lipinski definition) is 0. The Morgan fingerprint density at radius 3 is 2.53 bits per heavy atom. The molecule has 1 aliphatic rings. The van der Waals surface area contributed by atoms with Crippen molar-refractivity contribution in [2.45, 2.75) is 45.8 Å². The van der Waals surface area contributed by atoms with Gasteiger partial charge in [-0.15, -0.1) is 11.3 Å². The van der Waals surface area contributed by atoms with Gasteiger partial charge in [0.2, 0.25) is 0 Å². The van der Waals surface area contributed by atoms with Crippen molar-refractivity contribution in [3.8, 4) is 11.4 Å². The molecule has 0 saturated carbocycles. The zero-order valence-corrected chi connectivity index (χ0v) is 21.6. The summed E-state index contributed by atoms with van der Waals surface area (Å²) < 4.78 is 14.2. The van der Waals surface area contributed by atoms with Gasteiger partial charge in [-0.05, 0) is 74.4 Å². The molecule has 0 N–H and O–H groups in total. The molecule has 3 heterocycles. The van der Waals surface area contributed by atoms with E-state index >= 15 is 0 Å². The molecule has 0 unspecified atom stereocenters. The van der Waals surface area contributed by atoms with Crippen molar-refractivity contribution in [1.29, 1.82) is 0 Å². The smallest absolute Gasteiger partial charge is 0.410 e. The van der Waals surface area contributed by atoms with Crippen LogP contribution in [0.3, 0.4) is 0 Å². The van der Waals surface area contributed by atoms with Gasteiger partial charge in [0.1, 0.15) is 18.0 Å². The summed E-state index contributed by atoms with van der Waals surface area (Å²) in [5, 5.41) is 1.15. The van der Waals surface area contributed by atoms with Crippen molar-refractivity contribution in [2.75, 3.05) is 13.1 Å². The zero-order chi connectivity index (χ0) is 25.3. The maximum absolute atomic E-state index is 12.9. The van der Waals surface area contributed by atoms with Crippen molar-refractivity contribution in [2.24, 2.45) is 0 Å². The number of pyridine rings is 1. The Balaban J connectivity index is 1.35. The number of rotatable bonds is 4. The third kappa shape index (κ3) is 5.31. The summed E-state index contributed by atoms with van der Waals surface area (Å²) in [5.74, 6) is 0.549. The van der Waals surface area contributed by atoms with Crippen molar-refractivity contribution in [3.63, 3.8) is 0 Å². The van der Waals surface area contributed by atoms with E-state index in [2.05, 4.69) is 12.1 Å². The quantitative estimate of drug-likeness (QED) is 0.345. The molecule has 7 heteroatoms. The molecule has 4 aromatic rings. The lowest BCUT2D eigenvalue weighted by molar-refractivity contribution is 0.0259. The highest BCUT2D eigenvalue weighted by molar-refractivity contribution is 7.19. The topological polar surface area (TPSA) is 60.8 Å². The number of ether oxygens (including phenoxy) is 2.